The number of fused-ring (bicyclic) bond motifs is 1. The van der Waals surface area contributed by atoms with Gasteiger partial charge in [0.05, 0.1) is 15.2 Å². The van der Waals surface area contributed by atoms with Gasteiger partial charge in [-0.15, -0.1) is 24.5 Å². The van der Waals surface area contributed by atoms with Gasteiger partial charge in [-0.2, -0.15) is 0 Å². The standard InChI is InChI=1S/C8H7NS.C2H3F3O/c1-6-9-7-4-2-3-5-8(7)10-6;1-6-2(3,4)5/h2-5H,1H3;1H3. The number of benzene rings is 1. The third-order valence-electron chi connectivity index (χ3n) is 1.63. The molecular formula is C10H10F3NOS. The van der Waals surface area contributed by atoms with E-state index in [1.807, 2.05) is 25.1 Å². The third kappa shape index (κ3) is 4.16. The summed E-state index contributed by atoms with van der Waals surface area (Å²) in [5.74, 6) is 0. The van der Waals surface area contributed by atoms with Crippen molar-refractivity contribution in [1.29, 1.82) is 0 Å². The van der Waals surface area contributed by atoms with Crippen LogP contribution in [0.2, 0.25) is 0 Å². The minimum atomic E-state index is -4.46. The van der Waals surface area contributed by atoms with E-state index in [1.54, 1.807) is 11.3 Å². The van der Waals surface area contributed by atoms with E-state index >= 15 is 0 Å². The van der Waals surface area contributed by atoms with Gasteiger partial charge in [0.25, 0.3) is 0 Å². The lowest BCUT2D eigenvalue weighted by Crippen LogP contribution is -2.08. The summed E-state index contributed by atoms with van der Waals surface area (Å²) < 4.78 is 35.9. The van der Waals surface area contributed by atoms with Crippen molar-refractivity contribution in [3.8, 4) is 0 Å². The van der Waals surface area contributed by atoms with Crippen LogP contribution in [0.4, 0.5) is 13.2 Å². The number of methoxy groups -OCH3 is 1. The number of thiazole rings is 1. The first-order valence-electron chi connectivity index (χ1n) is 4.36. The summed E-state index contributed by atoms with van der Waals surface area (Å²) in [6, 6.07) is 8.19. The Kier molecular flexibility index (Phi) is 4.26. The molecule has 0 aliphatic heterocycles. The number of hydrogen-bond donors (Lipinski definition) is 0. The van der Waals surface area contributed by atoms with Gasteiger partial charge in [-0.05, 0) is 19.1 Å². The minimum Gasteiger partial charge on any atom is -0.295 e. The van der Waals surface area contributed by atoms with Crippen LogP contribution in [0.15, 0.2) is 24.3 Å². The Morgan fingerprint density at radius 1 is 1.25 bits per heavy atom. The van der Waals surface area contributed by atoms with Gasteiger partial charge in [0.15, 0.2) is 0 Å². The van der Waals surface area contributed by atoms with E-state index in [9.17, 15) is 13.2 Å². The van der Waals surface area contributed by atoms with Crippen molar-refractivity contribution >= 4 is 21.6 Å². The zero-order valence-electron chi connectivity index (χ0n) is 8.71. The van der Waals surface area contributed by atoms with Crippen LogP contribution in [0.5, 0.6) is 0 Å². The second-order valence-electron chi connectivity index (χ2n) is 2.85. The van der Waals surface area contributed by atoms with Gasteiger partial charge in [-0.1, -0.05) is 12.1 Å². The zero-order valence-corrected chi connectivity index (χ0v) is 9.52. The second kappa shape index (κ2) is 5.27. The van der Waals surface area contributed by atoms with Crippen LogP contribution in [0.1, 0.15) is 5.01 Å². The molecule has 2 aromatic rings. The zero-order chi connectivity index (χ0) is 12.2. The lowest BCUT2D eigenvalue weighted by molar-refractivity contribution is -0.311. The average molecular weight is 249 g/mol. The molecule has 0 spiro atoms. The predicted octanol–water partition coefficient (Wildman–Crippen LogP) is 3.76. The molecule has 0 aliphatic rings. The topological polar surface area (TPSA) is 22.1 Å². The lowest BCUT2D eigenvalue weighted by Gasteiger charge is -1.97. The van der Waals surface area contributed by atoms with E-state index in [0.717, 1.165) is 10.5 Å². The lowest BCUT2D eigenvalue weighted by atomic mass is 10.3. The average Bonchev–Trinajstić information content (AvgIpc) is 2.57. The first-order chi connectivity index (χ1) is 7.42. The second-order valence-corrected chi connectivity index (χ2v) is 4.09. The highest BCUT2D eigenvalue weighted by Gasteiger charge is 2.25. The first kappa shape index (κ1) is 12.9. The Morgan fingerprint density at radius 2 is 1.81 bits per heavy atom. The van der Waals surface area contributed by atoms with E-state index < -0.39 is 6.36 Å². The van der Waals surface area contributed by atoms with Crippen LogP contribution in [0.3, 0.4) is 0 Å². The van der Waals surface area contributed by atoms with E-state index in [-0.39, 0.29) is 0 Å². The SMILES string of the molecule is COC(F)(F)F.Cc1nc2ccccc2s1. The van der Waals surface area contributed by atoms with Gasteiger partial charge in [0, 0.05) is 7.11 Å². The van der Waals surface area contributed by atoms with Crippen molar-refractivity contribution in [3.63, 3.8) is 0 Å². The van der Waals surface area contributed by atoms with Crippen molar-refractivity contribution in [1.82, 2.24) is 4.98 Å². The van der Waals surface area contributed by atoms with Gasteiger partial charge in [-0.3, -0.25) is 4.74 Å². The summed E-state index contributed by atoms with van der Waals surface area (Å²) in [5, 5.41) is 1.14. The van der Waals surface area contributed by atoms with Crippen LogP contribution in [0.25, 0.3) is 10.2 Å². The molecule has 0 aliphatic carbocycles. The van der Waals surface area contributed by atoms with Gasteiger partial charge in [0.2, 0.25) is 0 Å². The molecule has 0 N–H and O–H groups in total. The van der Waals surface area contributed by atoms with E-state index in [1.165, 1.54) is 4.70 Å². The summed E-state index contributed by atoms with van der Waals surface area (Å²) in [5.41, 5.74) is 1.12. The molecule has 2 rings (SSSR count). The molecule has 0 bridgehead atoms. The number of para-hydroxylation sites is 1. The van der Waals surface area contributed by atoms with Crippen molar-refractivity contribution in [2.24, 2.45) is 0 Å². The van der Waals surface area contributed by atoms with Crippen molar-refractivity contribution in [3.05, 3.63) is 29.3 Å². The quantitative estimate of drug-likeness (QED) is 0.709. The summed E-state index contributed by atoms with van der Waals surface area (Å²) >= 11 is 1.74. The van der Waals surface area contributed by atoms with Crippen molar-refractivity contribution in [2.45, 2.75) is 13.3 Å². The van der Waals surface area contributed by atoms with Crippen LogP contribution in [-0.4, -0.2) is 18.5 Å². The number of alkyl halides is 3. The number of rotatable bonds is 0. The van der Waals surface area contributed by atoms with Gasteiger partial charge < -0.3 is 0 Å². The highest BCUT2D eigenvalue weighted by atomic mass is 32.1. The maximum absolute atomic E-state index is 10.6. The number of halogens is 3. The predicted molar refractivity (Wildman–Crippen MR) is 57.4 cm³/mol. The van der Waals surface area contributed by atoms with Crippen molar-refractivity contribution < 1.29 is 17.9 Å². The molecule has 0 saturated heterocycles. The van der Waals surface area contributed by atoms with Crippen LogP contribution >= 0.6 is 11.3 Å². The first-order valence-corrected chi connectivity index (χ1v) is 5.18. The summed E-state index contributed by atoms with van der Waals surface area (Å²) in [4.78, 5) is 4.33. The third-order valence-corrected chi connectivity index (χ3v) is 2.58. The molecule has 0 saturated carbocycles. The van der Waals surface area contributed by atoms with Crippen LogP contribution in [-0.2, 0) is 4.74 Å². The van der Waals surface area contributed by atoms with E-state index in [0.29, 0.717) is 7.11 Å². The molecule has 16 heavy (non-hydrogen) atoms. The molecule has 1 heterocycles. The fraction of sp³-hybridized carbons (Fsp3) is 0.300. The van der Waals surface area contributed by atoms with Crippen LogP contribution in [0, 0.1) is 6.92 Å². The molecule has 2 nitrogen and oxygen atoms in total. The Bertz CT molecular complexity index is 420. The molecule has 0 unspecified atom stereocenters. The number of nitrogens with zero attached hydrogens (tertiary/aromatic N) is 1. The minimum absolute atomic E-state index is 0.583. The Balaban J connectivity index is 0.000000187. The van der Waals surface area contributed by atoms with Gasteiger partial charge in [0.1, 0.15) is 0 Å². The molecule has 0 radical (unpaired) electrons. The van der Waals surface area contributed by atoms with E-state index in [2.05, 4.69) is 15.8 Å². The largest absolute Gasteiger partial charge is 0.522 e. The summed E-state index contributed by atoms with van der Waals surface area (Å²) in [7, 11) is 0.583. The summed E-state index contributed by atoms with van der Waals surface area (Å²) in [6.45, 7) is 2.03. The molecule has 0 amide bonds. The maximum Gasteiger partial charge on any atom is 0.522 e. The molecule has 88 valence electrons. The smallest absolute Gasteiger partial charge is 0.295 e. The molecule has 1 aromatic carbocycles. The Labute approximate surface area is 94.7 Å². The Hall–Kier alpha value is -1.14. The summed E-state index contributed by atoms with van der Waals surface area (Å²) in [6.07, 6.45) is -4.46. The monoisotopic (exact) mass is 249 g/mol. The fourth-order valence-corrected chi connectivity index (χ4v) is 1.81. The number of ether oxygens (including phenoxy) is 1. The van der Waals surface area contributed by atoms with E-state index in [4.69, 9.17) is 0 Å². The maximum atomic E-state index is 10.6. The molecular weight excluding hydrogens is 239 g/mol. The molecule has 1 aromatic heterocycles. The van der Waals surface area contributed by atoms with Crippen molar-refractivity contribution in [2.75, 3.05) is 7.11 Å². The Morgan fingerprint density at radius 3 is 2.31 bits per heavy atom. The molecule has 6 heteroatoms. The van der Waals surface area contributed by atoms with Crippen LogP contribution < -0.4 is 0 Å². The number of aromatic nitrogens is 1. The normalized spacial score (nSPS) is 11.1. The number of hydrogen-bond acceptors (Lipinski definition) is 3. The fourth-order valence-electron chi connectivity index (χ4n) is 0.987. The van der Waals surface area contributed by atoms with Gasteiger partial charge in [-0.25, -0.2) is 4.98 Å². The molecule has 0 atom stereocenters. The molecule has 0 fully saturated rings. The highest BCUT2D eigenvalue weighted by molar-refractivity contribution is 7.18. The number of aryl methyl sites for hydroxylation is 1. The highest BCUT2D eigenvalue weighted by Crippen LogP contribution is 2.19. The van der Waals surface area contributed by atoms with Gasteiger partial charge >= 0.3 is 6.36 Å².